The van der Waals surface area contributed by atoms with E-state index in [-0.39, 0.29) is 17.4 Å². The molecule has 0 spiro atoms. The van der Waals surface area contributed by atoms with Gasteiger partial charge in [0.25, 0.3) is 5.91 Å². The summed E-state index contributed by atoms with van der Waals surface area (Å²) in [5.41, 5.74) is -0.383. The number of nitrogens with one attached hydrogen (secondary N) is 1. The van der Waals surface area contributed by atoms with Gasteiger partial charge in [-0.25, -0.2) is 4.79 Å². The van der Waals surface area contributed by atoms with Crippen molar-refractivity contribution in [2.45, 2.75) is 38.6 Å². The van der Waals surface area contributed by atoms with Gasteiger partial charge in [0.2, 0.25) is 5.91 Å². The molecule has 130 valence electrons. The summed E-state index contributed by atoms with van der Waals surface area (Å²) in [7, 11) is 0. The van der Waals surface area contributed by atoms with Crippen LogP contribution in [-0.4, -0.2) is 50.9 Å². The number of amides is 2. The first-order valence-electron chi connectivity index (χ1n) is 6.98. The van der Waals surface area contributed by atoms with E-state index >= 15 is 0 Å². The first kappa shape index (κ1) is 19.5. The van der Waals surface area contributed by atoms with E-state index in [1.807, 2.05) is 0 Å². The molecule has 10 heteroatoms. The van der Waals surface area contributed by atoms with Crippen LogP contribution in [0.5, 0.6) is 0 Å². The lowest BCUT2D eigenvalue weighted by Crippen LogP contribution is -2.69. The van der Waals surface area contributed by atoms with E-state index in [1.165, 1.54) is 13.8 Å². The summed E-state index contributed by atoms with van der Waals surface area (Å²) in [6, 6.07) is 0.564. The van der Waals surface area contributed by atoms with E-state index in [2.05, 4.69) is 5.32 Å². The van der Waals surface area contributed by atoms with Crippen LogP contribution in [0.15, 0.2) is 11.5 Å². The third-order valence-corrected chi connectivity index (χ3v) is 3.99. The molecule has 0 saturated carbocycles. The van der Waals surface area contributed by atoms with Gasteiger partial charge in [-0.15, -0.1) is 0 Å². The minimum Gasteiger partial charge on any atom is -0.510 e. The Morgan fingerprint density at radius 1 is 1.42 bits per heavy atom. The van der Waals surface area contributed by atoms with E-state index in [0.717, 1.165) is 16.7 Å². The number of likely N-dealkylation sites (tertiary alicyclic amines) is 1. The molecule has 0 aromatic carbocycles. The number of hydrogen-bond donors (Lipinski definition) is 2. The molecule has 0 bridgehead atoms. The fourth-order valence-electron chi connectivity index (χ4n) is 2.04. The first-order chi connectivity index (χ1) is 11.2. The number of nitrogens with zero attached hydrogens (tertiary/aromatic N) is 2. The summed E-state index contributed by atoms with van der Waals surface area (Å²) >= 11 is 0.718. The average Bonchev–Trinajstić information content (AvgIpc) is 2.48. The maximum Gasteiger partial charge on any atom is 0.358 e. The van der Waals surface area contributed by atoms with Crippen molar-refractivity contribution in [1.82, 2.24) is 10.2 Å². The molecule has 2 N–H and O–H groups in total. The van der Waals surface area contributed by atoms with Gasteiger partial charge in [0.05, 0.1) is 12.7 Å². The van der Waals surface area contributed by atoms with E-state index in [4.69, 9.17) is 10.00 Å². The minimum absolute atomic E-state index is 0.0322. The van der Waals surface area contributed by atoms with E-state index in [9.17, 15) is 24.3 Å². The number of rotatable bonds is 6. The Morgan fingerprint density at radius 3 is 2.50 bits per heavy atom. The average molecular weight is 355 g/mol. The Bertz CT molecular complexity index is 635. The van der Waals surface area contributed by atoms with Crippen LogP contribution >= 0.6 is 11.8 Å². The standard InChI is InChI=1S/C14H17N3O6S/c1-4-23-14(22)11(7(2)18)17-12(21)10(13(17)24-8(3)19)16-9(20)5-6-15/h10,13,18H,4-5H2,1-3H3,(H,16,20). The zero-order chi connectivity index (χ0) is 18.4. The lowest BCUT2D eigenvalue weighted by atomic mass is 10.0. The Labute approximate surface area is 142 Å². The van der Waals surface area contributed by atoms with Crippen molar-refractivity contribution in [3.8, 4) is 6.07 Å². The molecule has 0 aromatic heterocycles. The second-order valence-corrected chi connectivity index (χ2v) is 6.04. The zero-order valence-corrected chi connectivity index (χ0v) is 14.2. The third kappa shape index (κ3) is 4.26. The van der Waals surface area contributed by atoms with Gasteiger partial charge in [-0.2, -0.15) is 5.26 Å². The van der Waals surface area contributed by atoms with Crippen molar-refractivity contribution < 1.29 is 29.0 Å². The molecule has 1 saturated heterocycles. The number of aliphatic hydroxyl groups excluding tert-OH is 1. The van der Waals surface area contributed by atoms with Crippen molar-refractivity contribution in [2.24, 2.45) is 0 Å². The molecule has 0 radical (unpaired) electrons. The van der Waals surface area contributed by atoms with Gasteiger partial charge in [0.1, 0.15) is 23.6 Å². The zero-order valence-electron chi connectivity index (χ0n) is 13.4. The van der Waals surface area contributed by atoms with Gasteiger partial charge in [-0.05, 0) is 13.8 Å². The molecule has 0 aliphatic carbocycles. The Hall–Kier alpha value is -2.54. The van der Waals surface area contributed by atoms with Crippen LogP contribution in [0.25, 0.3) is 0 Å². The minimum atomic E-state index is -1.08. The highest BCUT2D eigenvalue weighted by Gasteiger charge is 2.53. The van der Waals surface area contributed by atoms with Gasteiger partial charge in [-0.1, -0.05) is 11.8 Å². The Morgan fingerprint density at radius 2 is 2.04 bits per heavy atom. The van der Waals surface area contributed by atoms with Crippen molar-refractivity contribution in [1.29, 1.82) is 5.26 Å². The number of β-lactam (4-membered cyclic amide) rings is 1. The topological polar surface area (TPSA) is 137 Å². The number of ether oxygens (including phenoxy) is 1. The van der Waals surface area contributed by atoms with Crippen molar-refractivity contribution in [2.75, 3.05) is 6.61 Å². The van der Waals surface area contributed by atoms with Gasteiger partial charge in [-0.3, -0.25) is 19.3 Å². The highest BCUT2D eigenvalue weighted by Crippen LogP contribution is 2.35. The molecule has 9 nitrogen and oxygen atoms in total. The van der Waals surface area contributed by atoms with Crippen LogP contribution in [0.2, 0.25) is 0 Å². The number of thioether (sulfide) groups is 1. The van der Waals surface area contributed by atoms with Gasteiger partial charge < -0.3 is 15.2 Å². The maximum atomic E-state index is 12.3. The smallest absolute Gasteiger partial charge is 0.358 e. The Balaban J connectivity index is 3.09. The number of nitriles is 1. The number of allylic oxidation sites excluding steroid dienone is 1. The number of esters is 1. The largest absolute Gasteiger partial charge is 0.510 e. The van der Waals surface area contributed by atoms with Crippen molar-refractivity contribution in [3.05, 3.63) is 11.5 Å². The first-order valence-corrected chi connectivity index (χ1v) is 7.86. The number of carbonyl (C=O) groups excluding carboxylic acids is 4. The molecule has 0 aromatic rings. The van der Waals surface area contributed by atoms with Crippen LogP contribution in [0.4, 0.5) is 0 Å². The molecular formula is C14H17N3O6S. The molecule has 2 atom stereocenters. The van der Waals surface area contributed by atoms with Crippen LogP contribution in [0, 0.1) is 11.3 Å². The van der Waals surface area contributed by atoms with E-state index in [0.29, 0.717) is 0 Å². The summed E-state index contributed by atoms with van der Waals surface area (Å²) in [4.78, 5) is 48.1. The second kappa shape index (κ2) is 8.35. The molecule has 2 unspecified atom stereocenters. The number of carbonyl (C=O) groups is 4. The fraction of sp³-hybridized carbons (Fsp3) is 0.500. The number of aliphatic hydroxyl groups is 1. The quantitative estimate of drug-likeness (QED) is 0.298. The molecule has 1 aliphatic rings. The van der Waals surface area contributed by atoms with Crippen LogP contribution in [0.1, 0.15) is 27.2 Å². The summed E-state index contributed by atoms with van der Waals surface area (Å²) in [6.45, 7) is 4.06. The molecule has 1 rings (SSSR count). The second-order valence-electron chi connectivity index (χ2n) is 4.74. The summed E-state index contributed by atoms with van der Waals surface area (Å²) in [5.74, 6) is -2.72. The molecule has 24 heavy (non-hydrogen) atoms. The fourth-order valence-corrected chi connectivity index (χ4v) is 3.02. The maximum absolute atomic E-state index is 12.3. The highest BCUT2D eigenvalue weighted by atomic mass is 32.2. The van der Waals surface area contributed by atoms with Crippen LogP contribution in [-0.2, 0) is 23.9 Å². The lowest BCUT2D eigenvalue weighted by Gasteiger charge is -2.46. The molecule has 2 amide bonds. The molecular weight excluding hydrogens is 338 g/mol. The van der Waals surface area contributed by atoms with Crippen molar-refractivity contribution >= 4 is 34.7 Å². The Kier molecular flexibility index (Phi) is 6.79. The summed E-state index contributed by atoms with van der Waals surface area (Å²) in [5, 5.41) is 19.3. The summed E-state index contributed by atoms with van der Waals surface area (Å²) < 4.78 is 4.80. The molecule has 1 aliphatic heterocycles. The normalized spacial score (nSPS) is 20.4. The van der Waals surface area contributed by atoms with E-state index < -0.39 is 41.4 Å². The SMILES string of the molecule is CCOC(=O)C(=C(C)O)N1C(=O)C(NC(=O)CC#N)C1SC(C)=O. The monoisotopic (exact) mass is 355 g/mol. The third-order valence-electron chi connectivity index (χ3n) is 2.94. The van der Waals surface area contributed by atoms with Gasteiger partial charge in [0.15, 0.2) is 10.8 Å². The van der Waals surface area contributed by atoms with Gasteiger partial charge in [0, 0.05) is 6.92 Å². The highest BCUT2D eigenvalue weighted by molar-refractivity contribution is 8.14. The van der Waals surface area contributed by atoms with Crippen LogP contribution < -0.4 is 5.32 Å². The predicted octanol–water partition coefficient (Wildman–Crippen LogP) is 0.185. The molecule has 1 fully saturated rings. The lowest BCUT2D eigenvalue weighted by molar-refractivity contribution is -0.152. The van der Waals surface area contributed by atoms with Gasteiger partial charge >= 0.3 is 5.97 Å². The van der Waals surface area contributed by atoms with Crippen LogP contribution in [0.3, 0.4) is 0 Å². The summed E-state index contributed by atoms with van der Waals surface area (Å²) in [6.07, 6.45) is -0.444. The number of hydrogen-bond acceptors (Lipinski definition) is 8. The van der Waals surface area contributed by atoms with Crippen molar-refractivity contribution in [3.63, 3.8) is 0 Å². The predicted molar refractivity (Wildman–Crippen MR) is 83.0 cm³/mol. The van der Waals surface area contributed by atoms with E-state index in [1.54, 1.807) is 13.0 Å². The molecule has 1 heterocycles.